The lowest BCUT2D eigenvalue weighted by atomic mass is 9.90. The standard InChI is InChI=1S/C13H15F2NO/c1-8-6-16-7-10(8)13(17)5-9-2-3-11(14)12(15)4-9/h2-4,8,10,16H,5-7H2,1H3. The van der Waals surface area contributed by atoms with Crippen molar-refractivity contribution in [1.29, 1.82) is 0 Å². The highest BCUT2D eigenvalue weighted by Crippen LogP contribution is 2.19. The molecule has 2 rings (SSSR count). The number of benzene rings is 1. The maximum atomic E-state index is 13.0. The van der Waals surface area contributed by atoms with Crippen molar-refractivity contribution in [1.82, 2.24) is 5.32 Å². The highest BCUT2D eigenvalue weighted by Gasteiger charge is 2.29. The lowest BCUT2D eigenvalue weighted by Gasteiger charge is -2.12. The van der Waals surface area contributed by atoms with E-state index in [1.807, 2.05) is 6.92 Å². The van der Waals surface area contributed by atoms with Crippen LogP contribution in [0.25, 0.3) is 0 Å². The largest absolute Gasteiger partial charge is 0.316 e. The lowest BCUT2D eigenvalue weighted by molar-refractivity contribution is -0.122. The number of ketones is 1. The second-order valence-electron chi connectivity index (χ2n) is 4.63. The van der Waals surface area contributed by atoms with E-state index in [-0.39, 0.29) is 18.1 Å². The van der Waals surface area contributed by atoms with Crippen molar-refractivity contribution in [2.45, 2.75) is 13.3 Å². The molecule has 0 spiro atoms. The number of hydrogen-bond donors (Lipinski definition) is 1. The van der Waals surface area contributed by atoms with Crippen LogP contribution >= 0.6 is 0 Å². The topological polar surface area (TPSA) is 29.1 Å². The van der Waals surface area contributed by atoms with Gasteiger partial charge in [0, 0.05) is 18.9 Å². The molecule has 2 atom stereocenters. The third kappa shape index (κ3) is 2.69. The Morgan fingerprint density at radius 1 is 1.35 bits per heavy atom. The molecule has 0 amide bonds. The monoisotopic (exact) mass is 239 g/mol. The molecular formula is C13H15F2NO. The van der Waals surface area contributed by atoms with Crippen LogP contribution in [-0.2, 0) is 11.2 Å². The normalized spacial score (nSPS) is 23.9. The summed E-state index contributed by atoms with van der Waals surface area (Å²) >= 11 is 0. The Labute approximate surface area is 99.0 Å². The van der Waals surface area contributed by atoms with Crippen molar-refractivity contribution in [3.8, 4) is 0 Å². The Morgan fingerprint density at radius 2 is 2.12 bits per heavy atom. The molecule has 4 heteroatoms. The van der Waals surface area contributed by atoms with E-state index >= 15 is 0 Å². The molecule has 1 aliphatic rings. The third-order valence-corrected chi connectivity index (χ3v) is 3.29. The average molecular weight is 239 g/mol. The SMILES string of the molecule is CC1CNCC1C(=O)Cc1ccc(F)c(F)c1. The smallest absolute Gasteiger partial charge is 0.159 e. The molecule has 0 bridgehead atoms. The minimum atomic E-state index is -0.895. The van der Waals surface area contributed by atoms with Crippen molar-refractivity contribution < 1.29 is 13.6 Å². The fourth-order valence-electron chi connectivity index (χ4n) is 2.22. The summed E-state index contributed by atoms with van der Waals surface area (Å²) in [6.45, 7) is 3.55. The zero-order valence-corrected chi connectivity index (χ0v) is 9.67. The van der Waals surface area contributed by atoms with E-state index in [1.54, 1.807) is 0 Å². The summed E-state index contributed by atoms with van der Waals surface area (Å²) in [5, 5.41) is 3.15. The van der Waals surface area contributed by atoms with Crippen LogP contribution in [0.4, 0.5) is 8.78 Å². The van der Waals surface area contributed by atoms with Gasteiger partial charge in [0.25, 0.3) is 0 Å². The van der Waals surface area contributed by atoms with Crippen LogP contribution in [0, 0.1) is 23.5 Å². The molecule has 2 nitrogen and oxygen atoms in total. The fraction of sp³-hybridized carbons (Fsp3) is 0.462. The van der Waals surface area contributed by atoms with Gasteiger partial charge in [-0.1, -0.05) is 13.0 Å². The van der Waals surface area contributed by atoms with Gasteiger partial charge in [-0.3, -0.25) is 4.79 Å². The van der Waals surface area contributed by atoms with Gasteiger partial charge in [0.05, 0.1) is 0 Å². The highest BCUT2D eigenvalue weighted by atomic mass is 19.2. The van der Waals surface area contributed by atoms with E-state index in [0.29, 0.717) is 18.0 Å². The Bertz CT molecular complexity index is 433. The first-order valence-corrected chi connectivity index (χ1v) is 5.75. The summed E-state index contributed by atoms with van der Waals surface area (Å²) in [5.74, 6) is -1.38. The maximum absolute atomic E-state index is 13.0. The first kappa shape index (κ1) is 12.2. The molecule has 1 fully saturated rings. The summed E-state index contributed by atoms with van der Waals surface area (Å²) in [5.41, 5.74) is 0.535. The first-order chi connectivity index (χ1) is 8.08. The van der Waals surface area contributed by atoms with Crippen LogP contribution in [0.1, 0.15) is 12.5 Å². The van der Waals surface area contributed by atoms with Crippen LogP contribution < -0.4 is 5.32 Å². The number of halogens is 2. The van der Waals surface area contributed by atoms with E-state index in [9.17, 15) is 13.6 Å². The number of nitrogens with one attached hydrogen (secondary N) is 1. The molecule has 1 N–H and O–H groups in total. The number of hydrogen-bond acceptors (Lipinski definition) is 2. The number of rotatable bonds is 3. The predicted octanol–water partition coefficient (Wildman–Crippen LogP) is 1.93. The van der Waals surface area contributed by atoms with Crippen LogP contribution in [0.2, 0.25) is 0 Å². The van der Waals surface area contributed by atoms with E-state index < -0.39 is 11.6 Å². The second-order valence-corrected chi connectivity index (χ2v) is 4.63. The van der Waals surface area contributed by atoms with Gasteiger partial charge in [-0.25, -0.2) is 8.78 Å². The first-order valence-electron chi connectivity index (χ1n) is 5.75. The van der Waals surface area contributed by atoms with Gasteiger partial charge in [0.15, 0.2) is 11.6 Å². The van der Waals surface area contributed by atoms with Gasteiger partial charge in [0.2, 0.25) is 0 Å². The van der Waals surface area contributed by atoms with E-state index in [2.05, 4.69) is 5.32 Å². The third-order valence-electron chi connectivity index (χ3n) is 3.29. The van der Waals surface area contributed by atoms with Gasteiger partial charge in [-0.15, -0.1) is 0 Å². The van der Waals surface area contributed by atoms with Gasteiger partial charge in [-0.05, 0) is 30.2 Å². The number of carbonyl (C=O) groups is 1. The van der Waals surface area contributed by atoms with Crippen molar-refractivity contribution in [3.63, 3.8) is 0 Å². The summed E-state index contributed by atoms with van der Waals surface area (Å²) in [6.07, 6.45) is 0.174. The second kappa shape index (κ2) is 4.92. The summed E-state index contributed by atoms with van der Waals surface area (Å²) in [4.78, 5) is 12.0. The lowest BCUT2D eigenvalue weighted by Crippen LogP contribution is -2.23. The van der Waals surface area contributed by atoms with E-state index in [4.69, 9.17) is 0 Å². The van der Waals surface area contributed by atoms with Crippen LogP contribution in [-0.4, -0.2) is 18.9 Å². The van der Waals surface area contributed by atoms with Crippen molar-refractivity contribution >= 4 is 5.78 Å². The number of carbonyl (C=O) groups excluding carboxylic acids is 1. The molecule has 0 aromatic heterocycles. The molecule has 0 radical (unpaired) electrons. The fourth-order valence-corrected chi connectivity index (χ4v) is 2.22. The minimum Gasteiger partial charge on any atom is -0.316 e. The Morgan fingerprint density at radius 3 is 2.71 bits per heavy atom. The summed E-state index contributed by atoms with van der Waals surface area (Å²) < 4.78 is 25.7. The van der Waals surface area contributed by atoms with Crippen molar-refractivity contribution in [3.05, 3.63) is 35.4 Å². The highest BCUT2D eigenvalue weighted by molar-refractivity contribution is 5.84. The molecule has 1 aromatic rings. The predicted molar refractivity (Wildman–Crippen MR) is 60.6 cm³/mol. The summed E-state index contributed by atoms with van der Waals surface area (Å²) in [7, 11) is 0. The van der Waals surface area contributed by atoms with E-state index in [0.717, 1.165) is 18.7 Å². The Balaban J connectivity index is 2.05. The molecule has 0 saturated carbocycles. The molecule has 2 unspecified atom stereocenters. The number of Topliss-reactive ketones (excluding diaryl/α,β-unsaturated/α-hetero) is 1. The molecule has 1 aliphatic heterocycles. The zero-order chi connectivity index (χ0) is 12.4. The van der Waals surface area contributed by atoms with Gasteiger partial charge >= 0.3 is 0 Å². The molecule has 17 heavy (non-hydrogen) atoms. The Hall–Kier alpha value is -1.29. The van der Waals surface area contributed by atoms with Crippen LogP contribution in [0.3, 0.4) is 0 Å². The minimum absolute atomic E-state index is 0.0110. The van der Waals surface area contributed by atoms with Crippen LogP contribution in [0.15, 0.2) is 18.2 Å². The van der Waals surface area contributed by atoms with Crippen LogP contribution in [0.5, 0.6) is 0 Å². The molecular weight excluding hydrogens is 224 g/mol. The van der Waals surface area contributed by atoms with Crippen molar-refractivity contribution in [2.24, 2.45) is 11.8 Å². The molecule has 1 saturated heterocycles. The van der Waals surface area contributed by atoms with E-state index in [1.165, 1.54) is 6.07 Å². The quantitative estimate of drug-likeness (QED) is 0.873. The molecule has 92 valence electrons. The summed E-state index contributed by atoms with van der Waals surface area (Å²) in [6, 6.07) is 3.62. The maximum Gasteiger partial charge on any atom is 0.159 e. The Kier molecular flexibility index (Phi) is 3.52. The molecule has 1 heterocycles. The van der Waals surface area contributed by atoms with Gasteiger partial charge in [-0.2, -0.15) is 0 Å². The zero-order valence-electron chi connectivity index (χ0n) is 9.67. The molecule has 1 aromatic carbocycles. The average Bonchev–Trinajstić information content (AvgIpc) is 2.70. The van der Waals surface area contributed by atoms with Crippen molar-refractivity contribution in [2.75, 3.05) is 13.1 Å². The van der Waals surface area contributed by atoms with Gasteiger partial charge in [0.1, 0.15) is 5.78 Å². The van der Waals surface area contributed by atoms with Gasteiger partial charge < -0.3 is 5.32 Å². The molecule has 0 aliphatic carbocycles.